The van der Waals surface area contributed by atoms with Gasteiger partial charge < -0.3 is 24.8 Å². The van der Waals surface area contributed by atoms with Crippen LogP contribution in [0, 0.1) is 11.8 Å². The maximum atomic E-state index is 14.0. The number of methoxy groups -OCH3 is 1. The lowest BCUT2D eigenvalue weighted by atomic mass is 9.87. The molecule has 1 aromatic heterocycles. The monoisotopic (exact) mass is 738 g/mol. The molecular formula is C47H54N4O4. The molecule has 4 aromatic carbocycles. The summed E-state index contributed by atoms with van der Waals surface area (Å²) in [5.41, 5.74) is 7.30. The summed E-state index contributed by atoms with van der Waals surface area (Å²) in [4.78, 5) is 47.0. The minimum atomic E-state index is -0.390. The Morgan fingerprint density at radius 2 is 1.44 bits per heavy atom. The number of para-hydroxylation sites is 1. The second-order valence-corrected chi connectivity index (χ2v) is 15.4. The SMILES string of the molecule is COC(=O)c1ccc(CN(Cc2cccc(-c3cccc(C(=O)N4CCC(CCCC5CCNCC5)CC4)c3)c2)C(=O)CCc2c[nH]c3ccccc23)cc1. The number of rotatable bonds is 14. The summed E-state index contributed by atoms with van der Waals surface area (Å²) in [6, 6.07) is 31.6. The van der Waals surface area contributed by atoms with Crippen molar-refractivity contribution >= 4 is 28.7 Å². The van der Waals surface area contributed by atoms with E-state index in [1.807, 2.05) is 70.6 Å². The minimum Gasteiger partial charge on any atom is -0.465 e. The fraction of sp³-hybridized carbons (Fsp3) is 0.383. The van der Waals surface area contributed by atoms with Crippen LogP contribution in [0.2, 0.25) is 0 Å². The van der Waals surface area contributed by atoms with Gasteiger partial charge in [0.05, 0.1) is 12.7 Å². The number of hydrogen-bond acceptors (Lipinski definition) is 5. The molecule has 8 heteroatoms. The summed E-state index contributed by atoms with van der Waals surface area (Å²) in [5.74, 6) is 1.37. The minimum absolute atomic E-state index is 0.0471. The van der Waals surface area contributed by atoms with Crippen LogP contribution in [-0.4, -0.2) is 65.9 Å². The highest BCUT2D eigenvalue weighted by molar-refractivity contribution is 5.95. The van der Waals surface area contributed by atoms with Crippen LogP contribution in [0.4, 0.5) is 0 Å². The van der Waals surface area contributed by atoms with Gasteiger partial charge in [0.2, 0.25) is 5.91 Å². The number of amides is 2. The zero-order valence-electron chi connectivity index (χ0n) is 32.1. The van der Waals surface area contributed by atoms with Gasteiger partial charge in [-0.3, -0.25) is 9.59 Å². The molecule has 2 saturated heterocycles. The number of H-pyrrole nitrogens is 1. The topological polar surface area (TPSA) is 94.7 Å². The molecule has 0 atom stereocenters. The Hall–Kier alpha value is -5.21. The standard InChI is InChI=1S/C47H54N4O4/c1-55-47(54)38-17-15-36(16-18-38)32-51(45(52)20-19-42-31-49-44-14-3-2-13-43(42)44)33-37-9-5-10-39(29-37)40-11-6-12-41(30-40)46(53)50-27-23-35(24-28-50)8-4-7-34-21-25-48-26-22-34/h2-3,5-6,9-18,29-31,34-35,48-49H,4,7-8,19-28,32-33H2,1H3. The van der Waals surface area contributed by atoms with Gasteiger partial charge in [0, 0.05) is 55.3 Å². The molecule has 5 aromatic rings. The summed E-state index contributed by atoms with van der Waals surface area (Å²) in [5, 5.41) is 4.61. The zero-order chi connectivity index (χ0) is 38.0. The highest BCUT2D eigenvalue weighted by Crippen LogP contribution is 2.29. The van der Waals surface area contributed by atoms with Crippen LogP contribution in [0.3, 0.4) is 0 Å². The van der Waals surface area contributed by atoms with Crippen molar-refractivity contribution in [2.75, 3.05) is 33.3 Å². The van der Waals surface area contributed by atoms with Gasteiger partial charge >= 0.3 is 5.97 Å². The number of ether oxygens (including phenoxy) is 1. The van der Waals surface area contributed by atoms with Crippen molar-refractivity contribution in [3.63, 3.8) is 0 Å². The Bertz CT molecular complexity index is 2060. The van der Waals surface area contributed by atoms with E-state index in [-0.39, 0.29) is 17.8 Å². The number of nitrogens with one attached hydrogen (secondary N) is 2. The lowest BCUT2D eigenvalue weighted by Gasteiger charge is -2.32. The number of aromatic nitrogens is 1. The van der Waals surface area contributed by atoms with Gasteiger partial charge in [-0.2, -0.15) is 0 Å². The molecule has 0 unspecified atom stereocenters. The smallest absolute Gasteiger partial charge is 0.337 e. The maximum absolute atomic E-state index is 14.0. The molecule has 0 aliphatic carbocycles. The second kappa shape index (κ2) is 18.4. The molecule has 286 valence electrons. The van der Waals surface area contributed by atoms with Crippen LogP contribution in [-0.2, 0) is 29.0 Å². The van der Waals surface area contributed by atoms with Crippen molar-refractivity contribution in [2.24, 2.45) is 11.8 Å². The summed E-state index contributed by atoms with van der Waals surface area (Å²) >= 11 is 0. The number of likely N-dealkylation sites (tertiary alicyclic amines) is 1. The number of aromatic amines is 1. The summed E-state index contributed by atoms with van der Waals surface area (Å²) in [6.45, 7) is 4.81. The van der Waals surface area contributed by atoms with Crippen LogP contribution in [0.15, 0.2) is 103 Å². The normalized spacial score (nSPS) is 15.3. The van der Waals surface area contributed by atoms with Crippen molar-refractivity contribution in [1.82, 2.24) is 20.1 Å². The number of carbonyl (C=O) groups excluding carboxylic acids is 3. The zero-order valence-corrected chi connectivity index (χ0v) is 32.1. The molecule has 7 rings (SSSR count). The molecule has 2 aliphatic heterocycles. The lowest BCUT2D eigenvalue weighted by molar-refractivity contribution is -0.132. The highest BCUT2D eigenvalue weighted by Gasteiger charge is 2.24. The van der Waals surface area contributed by atoms with Gasteiger partial charge in [-0.25, -0.2) is 4.79 Å². The average Bonchev–Trinajstić information content (AvgIpc) is 3.66. The van der Waals surface area contributed by atoms with Crippen LogP contribution >= 0.6 is 0 Å². The number of nitrogens with zero attached hydrogens (tertiary/aromatic N) is 2. The summed E-state index contributed by atoms with van der Waals surface area (Å²) in [7, 11) is 1.37. The number of carbonyl (C=O) groups is 3. The van der Waals surface area contributed by atoms with Crippen LogP contribution in [0.5, 0.6) is 0 Å². The van der Waals surface area contributed by atoms with Crippen molar-refractivity contribution in [3.8, 4) is 11.1 Å². The first kappa shape index (κ1) is 38.1. The van der Waals surface area contributed by atoms with Crippen molar-refractivity contribution in [1.29, 1.82) is 0 Å². The Balaban J connectivity index is 1.00. The molecule has 0 bridgehead atoms. The summed E-state index contributed by atoms with van der Waals surface area (Å²) < 4.78 is 4.87. The molecule has 0 radical (unpaired) electrons. The largest absolute Gasteiger partial charge is 0.465 e. The number of benzene rings is 4. The third kappa shape index (κ3) is 9.92. The second-order valence-electron chi connectivity index (χ2n) is 15.4. The Morgan fingerprint density at radius 3 is 2.20 bits per heavy atom. The first-order chi connectivity index (χ1) is 26.9. The fourth-order valence-corrected chi connectivity index (χ4v) is 8.43. The molecule has 55 heavy (non-hydrogen) atoms. The molecule has 2 amide bonds. The maximum Gasteiger partial charge on any atom is 0.337 e. The van der Waals surface area contributed by atoms with Crippen molar-refractivity contribution in [3.05, 3.63) is 131 Å². The van der Waals surface area contributed by atoms with Gasteiger partial charge in [-0.15, -0.1) is 0 Å². The number of hydrogen-bond donors (Lipinski definition) is 2. The van der Waals surface area contributed by atoms with Gasteiger partial charge in [-0.05, 0) is 121 Å². The fourth-order valence-electron chi connectivity index (χ4n) is 8.43. The van der Waals surface area contributed by atoms with Gasteiger partial charge in [0.25, 0.3) is 5.91 Å². The molecule has 0 spiro atoms. The lowest BCUT2D eigenvalue weighted by Crippen LogP contribution is -2.38. The van der Waals surface area contributed by atoms with Gasteiger partial charge in [0.15, 0.2) is 0 Å². The first-order valence-electron chi connectivity index (χ1n) is 20.1. The molecule has 3 heterocycles. The van der Waals surface area contributed by atoms with Crippen molar-refractivity contribution in [2.45, 2.75) is 70.9 Å². The predicted molar refractivity (Wildman–Crippen MR) is 219 cm³/mol. The molecule has 2 N–H and O–H groups in total. The third-order valence-electron chi connectivity index (χ3n) is 11.7. The number of piperidine rings is 2. The van der Waals surface area contributed by atoms with E-state index in [2.05, 4.69) is 40.6 Å². The van der Waals surface area contributed by atoms with Crippen molar-refractivity contribution < 1.29 is 19.1 Å². The van der Waals surface area contributed by atoms with E-state index in [9.17, 15) is 14.4 Å². The van der Waals surface area contributed by atoms with E-state index in [1.54, 1.807) is 12.1 Å². The van der Waals surface area contributed by atoms with E-state index in [4.69, 9.17) is 4.74 Å². The average molecular weight is 739 g/mol. The summed E-state index contributed by atoms with van der Waals surface area (Å²) in [6.07, 6.45) is 11.7. The first-order valence-corrected chi connectivity index (χ1v) is 20.1. The van der Waals surface area contributed by atoms with Crippen LogP contribution in [0.25, 0.3) is 22.0 Å². The number of fused-ring (bicyclic) bond motifs is 1. The third-order valence-corrected chi connectivity index (χ3v) is 11.7. The predicted octanol–water partition coefficient (Wildman–Crippen LogP) is 8.81. The van der Waals surface area contributed by atoms with E-state index in [0.29, 0.717) is 31.5 Å². The molecule has 2 aliphatic rings. The molecule has 8 nitrogen and oxygen atoms in total. The Kier molecular flexibility index (Phi) is 12.7. The van der Waals surface area contributed by atoms with Crippen LogP contribution in [0.1, 0.15) is 88.8 Å². The van der Waals surface area contributed by atoms with E-state index in [1.165, 1.54) is 52.3 Å². The van der Waals surface area contributed by atoms with Gasteiger partial charge in [0.1, 0.15) is 0 Å². The number of aryl methyl sites for hydroxylation is 1. The Morgan fingerprint density at radius 1 is 0.745 bits per heavy atom. The quantitative estimate of drug-likeness (QED) is 0.111. The highest BCUT2D eigenvalue weighted by atomic mass is 16.5. The Labute approximate surface area is 325 Å². The van der Waals surface area contributed by atoms with E-state index < -0.39 is 0 Å². The number of esters is 1. The molecule has 2 fully saturated rings. The molecular weight excluding hydrogens is 685 g/mol. The van der Waals surface area contributed by atoms with E-state index >= 15 is 0 Å². The van der Waals surface area contributed by atoms with Crippen LogP contribution < -0.4 is 5.32 Å². The van der Waals surface area contributed by atoms with E-state index in [0.717, 1.165) is 82.1 Å². The molecule has 0 saturated carbocycles. The van der Waals surface area contributed by atoms with Gasteiger partial charge in [-0.1, -0.05) is 79.9 Å².